The van der Waals surface area contributed by atoms with Gasteiger partial charge in [-0.15, -0.1) is 0 Å². The van der Waals surface area contributed by atoms with E-state index in [2.05, 4.69) is 0 Å². The lowest BCUT2D eigenvalue weighted by Gasteiger charge is -2.17. The van der Waals surface area contributed by atoms with Gasteiger partial charge >= 0.3 is 6.18 Å². The van der Waals surface area contributed by atoms with E-state index in [1.165, 1.54) is 23.5 Å². The number of alkyl halides is 3. The van der Waals surface area contributed by atoms with Gasteiger partial charge in [0.2, 0.25) is 0 Å². The van der Waals surface area contributed by atoms with Crippen LogP contribution in [0.25, 0.3) is 0 Å². The van der Waals surface area contributed by atoms with E-state index in [-0.39, 0.29) is 5.56 Å². The van der Waals surface area contributed by atoms with Gasteiger partial charge < -0.3 is 5.73 Å². The summed E-state index contributed by atoms with van der Waals surface area (Å²) in [7, 11) is 0. The lowest BCUT2D eigenvalue weighted by atomic mass is 9.96. The Morgan fingerprint density at radius 1 is 1.17 bits per heavy atom. The van der Waals surface area contributed by atoms with Gasteiger partial charge in [-0.05, 0) is 40.4 Å². The van der Waals surface area contributed by atoms with Crippen LogP contribution in [-0.4, -0.2) is 0 Å². The van der Waals surface area contributed by atoms with E-state index in [0.717, 1.165) is 11.6 Å². The summed E-state index contributed by atoms with van der Waals surface area (Å²) in [4.78, 5) is 0. The van der Waals surface area contributed by atoms with Crippen LogP contribution in [0.4, 0.5) is 13.2 Å². The Balaban J connectivity index is 2.27. The Hall–Kier alpha value is -1.33. The van der Waals surface area contributed by atoms with E-state index < -0.39 is 17.8 Å². The molecule has 0 aliphatic carbocycles. The highest BCUT2D eigenvalue weighted by Gasteiger charge is 2.34. The third-order valence-corrected chi connectivity index (χ3v) is 3.43. The molecule has 0 aliphatic heterocycles. The van der Waals surface area contributed by atoms with Gasteiger partial charge in [-0.2, -0.15) is 24.5 Å². The van der Waals surface area contributed by atoms with E-state index in [4.69, 9.17) is 5.73 Å². The molecule has 1 aromatic carbocycles. The predicted molar refractivity (Wildman–Crippen MR) is 66.4 cm³/mol. The van der Waals surface area contributed by atoms with Gasteiger partial charge in [-0.3, -0.25) is 0 Å². The largest absolute Gasteiger partial charge is 0.416 e. The minimum Gasteiger partial charge on any atom is -0.324 e. The molecular formula is C13H12F3NS. The lowest BCUT2D eigenvalue weighted by Crippen LogP contribution is -2.19. The Morgan fingerprint density at radius 2 is 1.89 bits per heavy atom. The molecule has 5 heteroatoms. The number of halogens is 3. The van der Waals surface area contributed by atoms with Gasteiger partial charge in [0.05, 0.1) is 5.56 Å². The first-order chi connectivity index (χ1) is 8.48. The Kier molecular flexibility index (Phi) is 3.73. The molecule has 0 saturated heterocycles. The molecule has 2 aromatic rings. The minimum absolute atomic E-state index is 0.149. The average Bonchev–Trinajstić information content (AvgIpc) is 2.80. The number of benzene rings is 1. The van der Waals surface area contributed by atoms with Crippen LogP contribution in [0.5, 0.6) is 0 Å². The zero-order valence-corrected chi connectivity index (χ0v) is 10.3. The van der Waals surface area contributed by atoms with Crippen molar-refractivity contribution in [3.05, 3.63) is 57.8 Å². The lowest BCUT2D eigenvalue weighted by molar-refractivity contribution is -0.138. The first-order valence-corrected chi connectivity index (χ1v) is 6.35. The second-order valence-corrected chi connectivity index (χ2v) is 4.81. The molecule has 1 aromatic heterocycles. The molecule has 0 fully saturated rings. The molecule has 1 atom stereocenters. The van der Waals surface area contributed by atoms with Crippen LogP contribution in [0.1, 0.15) is 22.7 Å². The molecular weight excluding hydrogens is 259 g/mol. The summed E-state index contributed by atoms with van der Waals surface area (Å²) < 4.78 is 38.5. The molecule has 0 saturated carbocycles. The third-order valence-electron chi connectivity index (χ3n) is 2.70. The van der Waals surface area contributed by atoms with Crippen LogP contribution < -0.4 is 5.73 Å². The smallest absolute Gasteiger partial charge is 0.324 e. The molecule has 0 bridgehead atoms. The van der Waals surface area contributed by atoms with E-state index >= 15 is 0 Å². The standard InChI is InChI=1S/C13H12F3NS/c14-13(15,16)11-4-2-1-3-10(11)12(17)7-9-5-6-18-8-9/h1-6,8,12H,7,17H2. The third kappa shape index (κ3) is 2.91. The number of rotatable bonds is 3. The molecule has 1 unspecified atom stereocenters. The first kappa shape index (κ1) is 13.1. The highest BCUT2D eigenvalue weighted by molar-refractivity contribution is 7.07. The topological polar surface area (TPSA) is 26.0 Å². The van der Waals surface area contributed by atoms with Crippen molar-refractivity contribution in [2.45, 2.75) is 18.6 Å². The number of hydrogen-bond acceptors (Lipinski definition) is 2. The Labute approximate surface area is 107 Å². The maximum absolute atomic E-state index is 12.8. The van der Waals surface area contributed by atoms with Crippen molar-refractivity contribution in [2.75, 3.05) is 0 Å². The van der Waals surface area contributed by atoms with Crippen LogP contribution in [0.15, 0.2) is 41.1 Å². The Bertz CT molecular complexity index is 505. The van der Waals surface area contributed by atoms with E-state index in [9.17, 15) is 13.2 Å². The fourth-order valence-electron chi connectivity index (χ4n) is 1.85. The highest BCUT2D eigenvalue weighted by Crippen LogP contribution is 2.34. The fourth-order valence-corrected chi connectivity index (χ4v) is 2.53. The van der Waals surface area contributed by atoms with Crippen LogP contribution in [-0.2, 0) is 12.6 Å². The molecule has 18 heavy (non-hydrogen) atoms. The summed E-state index contributed by atoms with van der Waals surface area (Å²) in [5.74, 6) is 0. The maximum Gasteiger partial charge on any atom is 0.416 e. The van der Waals surface area contributed by atoms with E-state index in [0.29, 0.717) is 6.42 Å². The average molecular weight is 271 g/mol. The van der Waals surface area contributed by atoms with Gasteiger partial charge in [-0.25, -0.2) is 0 Å². The number of hydrogen-bond donors (Lipinski definition) is 1. The van der Waals surface area contributed by atoms with Gasteiger partial charge in [0.15, 0.2) is 0 Å². The minimum atomic E-state index is -4.36. The zero-order valence-electron chi connectivity index (χ0n) is 9.45. The molecule has 96 valence electrons. The van der Waals surface area contributed by atoms with Gasteiger partial charge in [-0.1, -0.05) is 18.2 Å². The van der Waals surface area contributed by atoms with Gasteiger partial charge in [0.25, 0.3) is 0 Å². The predicted octanol–water partition coefficient (Wildman–Crippen LogP) is 4.01. The molecule has 0 aliphatic rings. The number of thiophene rings is 1. The molecule has 0 amide bonds. The second-order valence-electron chi connectivity index (χ2n) is 4.03. The van der Waals surface area contributed by atoms with Crippen LogP contribution in [0.2, 0.25) is 0 Å². The molecule has 0 spiro atoms. The molecule has 2 rings (SSSR count). The normalized spacial score (nSPS) is 13.6. The van der Waals surface area contributed by atoms with Crippen molar-refractivity contribution in [1.29, 1.82) is 0 Å². The molecule has 2 N–H and O–H groups in total. The van der Waals surface area contributed by atoms with Crippen molar-refractivity contribution >= 4 is 11.3 Å². The Morgan fingerprint density at radius 3 is 2.50 bits per heavy atom. The van der Waals surface area contributed by atoms with Gasteiger partial charge in [0, 0.05) is 6.04 Å². The van der Waals surface area contributed by atoms with Crippen molar-refractivity contribution in [1.82, 2.24) is 0 Å². The van der Waals surface area contributed by atoms with Crippen LogP contribution in [0, 0.1) is 0 Å². The number of nitrogens with two attached hydrogens (primary N) is 1. The molecule has 1 nitrogen and oxygen atoms in total. The summed E-state index contributed by atoms with van der Waals surface area (Å²) in [5.41, 5.74) is 6.35. The SMILES string of the molecule is NC(Cc1ccsc1)c1ccccc1C(F)(F)F. The van der Waals surface area contributed by atoms with Crippen molar-refractivity contribution in [3.8, 4) is 0 Å². The van der Waals surface area contributed by atoms with Crippen LogP contribution >= 0.6 is 11.3 Å². The van der Waals surface area contributed by atoms with Gasteiger partial charge in [0.1, 0.15) is 0 Å². The van der Waals surface area contributed by atoms with E-state index in [1.807, 2.05) is 16.8 Å². The summed E-state index contributed by atoms with van der Waals surface area (Å²) in [5, 5.41) is 3.79. The summed E-state index contributed by atoms with van der Waals surface area (Å²) in [6, 6.07) is 6.71. The zero-order chi connectivity index (χ0) is 13.2. The van der Waals surface area contributed by atoms with Crippen molar-refractivity contribution < 1.29 is 13.2 Å². The van der Waals surface area contributed by atoms with Crippen molar-refractivity contribution in [2.24, 2.45) is 5.73 Å². The first-order valence-electron chi connectivity index (χ1n) is 5.41. The quantitative estimate of drug-likeness (QED) is 0.896. The second kappa shape index (κ2) is 5.12. The molecule has 1 heterocycles. The summed E-state index contributed by atoms with van der Waals surface area (Å²) in [6.07, 6.45) is -3.94. The van der Waals surface area contributed by atoms with Crippen molar-refractivity contribution in [3.63, 3.8) is 0 Å². The molecule has 0 radical (unpaired) electrons. The van der Waals surface area contributed by atoms with Crippen LogP contribution in [0.3, 0.4) is 0 Å². The summed E-state index contributed by atoms with van der Waals surface area (Å²) in [6.45, 7) is 0. The highest BCUT2D eigenvalue weighted by atomic mass is 32.1. The van der Waals surface area contributed by atoms with E-state index in [1.54, 1.807) is 6.07 Å². The summed E-state index contributed by atoms with van der Waals surface area (Å²) >= 11 is 1.51. The maximum atomic E-state index is 12.8. The fraction of sp³-hybridized carbons (Fsp3) is 0.231. The monoisotopic (exact) mass is 271 g/mol.